The van der Waals surface area contributed by atoms with E-state index in [0.29, 0.717) is 19.6 Å². The molecule has 37 heavy (non-hydrogen) atoms. The van der Waals surface area contributed by atoms with Gasteiger partial charge in [0.15, 0.2) is 0 Å². The first-order chi connectivity index (χ1) is 18.1. The average Bonchev–Trinajstić information content (AvgIpc) is 3.48. The van der Waals surface area contributed by atoms with Crippen molar-refractivity contribution in [3.05, 3.63) is 102 Å². The zero-order chi connectivity index (χ0) is 25.4. The zero-order valence-electron chi connectivity index (χ0n) is 21.4. The highest BCUT2D eigenvalue weighted by molar-refractivity contribution is 5.97. The van der Waals surface area contributed by atoms with Gasteiger partial charge in [-0.25, -0.2) is 4.98 Å². The molecule has 0 saturated carbocycles. The van der Waals surface area contributed by atoms with E-state index in [-0.39, 0.29) is 11.8 Å². The van der Waals surface area contributed by atoms with Gasteiger partial charge in [-0.1, -0.05) is 60.7 Å². The van der Waals surface area contributed by atoms with E-state index in [1.165, 1.54) is 10.9 Å². The molecule has 1 amide bonds. The molecule has 1 fully saturated rings. The molecule has 1 aliphatic rings. The number of aryl methyl sites for hydroxylation is 2. The normalized spacial score (nSPS) is 15.7. The standard InChI is InChI=1S/C32H31N3O2/c1-22-10-7-16-28(23(22)2)35-21-25(20-31(35)36)32-33-27-14-5-6-15-29(27)34(32)18-9-19-37-30-17-8-12-24-11-3-4-13-26(24)30/h3-8,10-17,25H,9,18-21H2,1-2H3. The second-order valence-electron chi connectivity index (χ2n) is 9.91. The van der Waals surface area contributed by atoms with Gasteiger partial charge in [-0.2, -0.15) is 0 Å². The number of anilines is 1. The van der Waals surface area contributed by atoms with Crippen LogP contribution < -0.4 is 9.64 Å². The van der Waals surface area contributed by atoms with Gasteiger partial charge in [0.2, 0.25) is 5.91 Å². The third-order valence-electron chi connectivity index (χ3n) is 7.57. The Hall–Kier alpha value is -4.12. The van der Waals surface area contributed by atoms with Crippen molar-refractivity contribution in [3.63, 3.8) is 0 Å². The number of carbonyl (C=O) groups is 1. The summed E-state index contributed by atoms with van der Waals surface area (Å²) in [5.74, 6) is 2.13. The summed E-state index contributed by atoms with van der Waals surface area (Å²) in [5.41, 5.74) is 5.46. The molecule has 1 aromatic heterocycles. The topological polar surface area (TPSA) is 47.4 Å². The number of hydrogen-bond acceptors (Lipinski definition) is 3. The number of aromatic nitrogens is 2. The maximum absolute atomic E-state index is 13.1. The van der Waals surface area contributed by atoms with Crippen LogP contribution in [0.2, 0.25) is 0 Å². The Labute approximate surface area is 217 Å². The van der Waals surface area contributed by atoms with E-state index < -0.39 is 0 Å². The van der Waals surface area contributed by atoms with E-state index in [2.05, 4.69) is 66.9 Å². The van der Waals surface area contributed by atoms with E-state index in [9.17, 15) is 4.79 Å². The van der Waals surface area contributed by atoms with Crippen LogP contribution in [0.5, 0.6) is 5.75 Å². The molecule has 186 valence electrons. The second-order valence-corrected chi connectivity index (χ2v) is 9.91. The number of fused-ring (bicyclic) bond motifs is 2. The Morgan fingerprint density at radius 1 is 0.919 bits per heavy atom. The van der Waals surface area contributed by atoms with Gasteiger partial charge in [-0.05, 0) is 61.0 Å². The summed E-state index contributed by atoms with van der Waals surface area (Å²) in [6.07, 6.45) is 1.32. The van der Waals surface area contributed by atoms with Crippen molar-refractivity contribution >= 4 is 33.4 Å². The summed E-state index contributed by atoms with van der Waals surface area (Å²) in [6, 6.07) is 28.9. The van der Waals surface area contributed by atoms with Crippen LogP contribution >= 0.6 is 0 Å². The molecule has 5 nitrogen and oxygen atoms in total. The maximum atomic E-state index is 13.1. The van der Waals surface area contributed by atoms with Gasteiger partial charge in [0.25, 0.3) is 0 Å². The number of amides is 1. The van der Waals surface area contributed by atoms with Crippen LogP contribution in [0.3, 0.4) is 0 Å². The maximum Gasteiger partial charge on any atom is 0.227 e. The van der Waals surface area contributed by atoms with Gasteiger partial charge in [-0.15, -0.1) is 0 Å². The minimum Gasteiger partial charge on any atom is -0.493 e. The first kappa shape index (κ1) is 23.3. The molecule has 1 saturated heterocycles. The van der Waals surface area contributed by atoms with E-state index in [4.69, 9.17) is 9.72 Å². The van der Waals surface area contributed by atoms with E-state index in [1.807, 2.05) is 41.3 Å². The lowest BCUT2D eigenvalue weighted by Crippen LogP contribution is -2.25. The van der Waals surface area contributed by atoms with Crippen molar-refractivity contribution in [1.82, 2.24) is 9.55 Å². The Morgan fingerprint density at radius 2 is 1.70 bits per heavy atom. The number of carbonyl (C=O) groups excluding carboxylic acids is 1. The van der Waals surface area contributed by atoms with Crippen LogP contribution in [-0.2, 0) is 11.3 Å². The van der Waals surface area contributed by atoms with Crippen LogP contribution in [-0.4, -0.2) is 28.6 Å². The first-order valence-corrected chi connectivity index (χ1v) is 13.0. The number of nitrogens with zero attached hydrogens (tertiary/aromatic N) is 3. The highest BCUT2D eigenvalue weighted by Crippen LogP contribution is 2.35. The molecule has 1 aliphatic heterocycles. The van der Waals surface area contributed by atoms with E-state index >= 15 is 0 Å². The van der Waals surface area contributed by atoms with Crippen molar-refractivity contribution < 1.29 is 9.53 Å². The van der Waals surface area contributed by atoms with E-state index in [0.717, 1.165) is 52.2 Å². The van der Waals surface area contributed by atoms with Crippen molar-refractivity contribution in [2.24, 2.45) is 0 Å². The molecule has 0 aliphatic carbocycles. The summed E-state index contributed by atoms with van der Waals surface area (Å²) < 4.78 is 8.51. The van der Waals surface area contributed by atoms with Gasteiger partial charge < -0.3 is 14.2 Å². The summed E-state index contributed by atoms with van der Waals surface area (Å²) >= 11 is 0. The molecule has 1 unspecified atom stereocenters. The van der Waals surface area contributed by atoms with Crippen molar-refractivity contribution in [3.8, 4) is 5.75 Å². The van der Waals surface area contributed by atoms with Gasteiger partial charge >= 0.3 is 0 Å². The molecule has 4 aromatic carbocycles. The highest BCUT2D eigenvalue weighted by atomic mass is 16.5. The molecule has 0 bridgehead atoms. The van der Waals surface area contributed by atoms with Gasteiger partial charge in [0, 0.05) is 36.5 Å². The molecular formula is C32H31N3O2. The van der Waals surface area contributed by atoms with Crippen LogP contribution in [0.15, 0.2) is 84.9 Å². The molecule has 1 atom stereocenters. The minimum absolute atomic E-state index is 0.0544. The van der Waals surface area contributed by atoms with Gasteiger partial charge in [0.1, 0.15) is 11.6 Å². The quantitative estimate of drug-likeness (QED) is 0.236. The van der Waals surface area contributed by atoms with Gasteiger partial charge in [-0.3, -0.25) is 4.79 Å². The summed E-state index contributed by atoms with van der Waals surface area (Å²) in [5, 5.41) is 2.32. The fourth-order valence-electron chi connectivity index (χ4n) is 5.51. The molecule has 5 heteroatoms. The number of imidazole rings is 1. The number of benzene rings is 4. The lowest BCUT2D eigenvalue weighted by atomic mass is 10.1. The number of ether oxygens (including phenoxy) is 1. The zero-order valence-corrected chi connectivity index (χ0v) is 21.4. The average molecular weight is 490 g/mol. The molecular weight excluding hydrogens is 458 g/mol. The van der Waals surface area contributed by atoms with Crippen molar-refractivity contribution in [2.45, 2.75) is 39.2 Å². The fraction of sp³-hybridized carbons (Fsp3) is 0.250. The number of hydrogen-bond donors (Lipinski definition) is 0. The monoisotopic (exact) mass is 489 g/mol. The third kappa shape index (κ3) is 4.35. The summed E-state index contributed by atoms with van der Waals surface area (Å²) in [4.78, 5) is 20.1. The van der Waals surface area contributed by atoms with Crippen LogP contribution in [0.1, 0.15) is 35.7 Å². The Balaban J connectivity index is 1.22. The van der Waals surface area contributed by atoms with Crippen molar-refractivity contribution in [1.29, 1.82) is 0 Å². The van der Waals surface area contributed by atoms with E-state index in [1.54, 1.807) is 0 Å². The smallest absolute Gasteiger partial charge is 0.227 e. The number of rotatable bonds is 7. The van der Waals surface area contributed by atoms with Crippen LogP contribution in [0.25, 0.3) is 21.8 Å². The van der Waals surface area contributed by atoms with Crippen LogP contribution in [0, 0.1) is 13.8 Å². The fourth-order valence-corrected chi connectivity index (χ4v) is 5.51. The Bertz CT molecular complexity index is 1600. The largest absolute Gasteiger partial charge is 0.493 e. The summed E-state index contributed by atoms with van der Waals surface area (Å²) in [7, 11) is 0. The first-order valence-electron chi connectivity index (χ1n) is 13.0. The van der Waals surface area contributed by atoms with Gasteiger partial charge in [0.05, 0.1) is 17.6 Å². The lowest BCUT2D eigenvalue weighted by molar-refractivity contribution is -0.117. The second kappa shape index (κ2) is 9.74. The molecule has 0 spiro atoms. The Morgan fingerprint density at radius 3 is 2.62 bits per heavy atom. The molecule has 2 heterocycles. The lowest BCUT2D eigenvalue weighted by Gasteiger charge is -2.20. The molecule has 0 radical (unpaired) electrons. The Kier molecular flexibility index (Phi) is 6.13. The molecule has 0 N–H and O–H groups in total. The predicted molar refractivity (Wildman–Crippen MR) is 149 cm³/mol. The predicted octanol–water partition coefficient (Wildman–Crippen LogP) is 6.80. The number of para-hydroxylation sites is 2. The highest BCUT2D eigenvalue weighted by Gasteiger charge is 2.35. The molecule has 6 rings (SSSR count). The molecule has 5 aromatic rings. The van der Waals surface area contributed by atoms with Crippen molar-refractivity contribution in [2.75, 3.05) is 18.1 Å². The third-order valence-corrected chi connectivity index (χ3v) is 7.57. The summed E-state index contributed by atoms with van der Waals surface area (Å²) in [6.45, 7) is 6.24. The minimum atomic E-state index is 0.0544. The van der Waals surface area contributed by atoms with Crippen LogP contribution in [0.4, 0.5) is 5.69 Å². The SMILES string of the molecule is Cc1cccc(N2CC(c3nc4ccccc4n3CCCOc3cccc4ccccc34)CC2=O)c1C.